The number of ether oxygens (including phenoxy) is 1. The van der Waals surface area contributed by atoms with Crippen LogP contribution in [0.5, 0.6) is 0 Å². The molecule has 0 amide bonds. The summed E-state index contributed by atoms with van der Waals surface area (Å²) in [6, 6.07) is 3.19. The highest BCUT2D eigenvalue weighted by atomic mass is 32.2. The summed E-state index contributed by atoms with van der Waals surface area (Å²) >= 11 is 1.12. The number of esters is 1. The molecule has 6 heteroatoms. The molecule has 0 spiro atoms. The average Bonchev–Trinajstić information content (AvgIpc) is 2.29. The van der Waals surface area contributed by atoms with Crippen LogP contribution in [0, 0.1) is 0 Å². The van der Waals surface area contributed by atoms with Gasteiger partial charge in [-0.3, -0.25) is 4.79 Å². The third kappa shape index (κ3) is 3.73. The number of aliphatic carboxylic acids is 1. The molecule has 1 rings (SSSR count). The van der Waals surface area contributed by atoms with E-state index >= 15 is 0 Å². The molecule has 0 bridgehead atoms. The fraction of sp³-hybridized carbons (Fsp3) is 0.417. The van der Waals surface area contributed by atoms with Crippen molar-refractivity contribution in [1.82, 2.24) is 4.98 Å². The lowest BCUT2D eigenvalue weighted by Gasteiger charge is -2.17. The van der Waals surface area contributed by atoms with Crippen LogP contribution >= 0.6 is 11.8 Å². The number of pyridine rings is 1. The quantitative estimate of drug-likeness (QED) is 0.652. The molecule has 18 heavy (non-hydrogen) atoms. The Bertz CT molecular complexity index is 442. The molecule has 0 radical (unpaired) electrons. The third-order valence-electron chi connectivity index (χ3n) is 2.12. The number of carboxylic acid groups (broad SMARTS) is 1. The van der Waals surface area contributed by atoms with Gasteiger partial charge < -0.3 is 9.84 Å². The summed E-state index contributed by atoms with van der Waals surface area (Å²) in [7, 11) is 0. The number of aromatic nitrogens is 1. The maximum atomic E-state index is 11.4. The van der Waals surface area contributed by atoms with Gasteiger partial charge in [0, 0.05) is 6.20 Å². The molecule has 1 N–H and O–H groups in total. The molecule has 0 saturated heterocycles. The number of carbonyl (C=O) groups excluding carboxylic acids is 1. The molecule has 1 heterocycles. The normalized spacial score (nSPS) is 11.1. The third-order valence-corrected chi connectivity index (χ3v) is 3.26. The fourth-order valence-corrected chi connectivity index (χ4v) is 1.93. The Morgan fingerprint density at radius 1 is 1.44 bits per heavy atom. The van der Waals surface area contributed by atoms with Crippen LogP contribution in [-0.2, 0) is 9.53 Å². The highest BCUT2D eigenvalue weighted by molar-refractivity contribution is 8.01. The summed E-state index contributed by atoms with van der Waals surface area (Å²) in [5.74, 6) is -1.34. The Kier molecular flexibility index (Phi) is 4.72. The first-order valence-corrected chi connectivity index (χ1v) is 6.24. The highest BCUT2D eigenvalue weighted by Gasteiger charge is 2.29. The Hall–Kier alpha value is -1.56. The van der Waals surface area contributed by atoms with Crippen LogP contribution in [0.1, 0.15) is 31.1 Å². The molecule has 0 aliphatic heterocycles. The van der Waals surface area contributed by atoms with E-state index in [0.717, 1.165) is 11.8 Å². The lowest BCUT2D eigenvalue weighted by atomic mass is 10.2. The maximum Gasteiger partial charge on any atom is 0.339 e. The smallest absolute Gasteiger partial charge is 0.339 e. The molecule has 0 saturated carbocycles. The molecule has 0 atom stereocenters. The summed E-state index contributed by atoms with van der Waals surface area (Å²) in [6.45, 7) is 5.23. The number of hydrogen-bond donors (Lipinski definition) is 1. The zero-order valence-corrected chi connectivity index (χ0v) is 11.3. The first kappa shape index (κ1) is 14.5. The molecule has 5 nitrogen and oxygen atoms in total. The molecular weight excluding hydrogens is 254 g/mol. The van der Waals surface area contributed by atoms with Crippen LogP contribution in [0.4, 0.5) is 0 Å². The summed E-state index contributed by atoms with van der Waals surface area (Å²) in [6.07, 6.45) is 1.39. The van der Waals surface area contributed by atoms with Crippen molar-refractivity contribution in [1.29, 1.82) is 0 Å². The van der Waals surface area contributed by atoms with Crippen molar-refractivity contribution in [2.24, 2.45) is 0 Å². The first-order chi connectivity index (χ1) is 8.36. The number of thioether (sulfide) groups is 1. The molecule has 0 aliphatic rings. The second kappa shape index (κ2) is 5.86. The van der Waals surface area contributed by atoms with Gasteiger partial charge in [0.1, 0.15) is 4.75 Å². The number of nitrogens with zero attached hydrogens (tertiary/aromatic N) is 1. The van der Waals surface area contributed by atoms with Crippen molar-refractivity contribution >= 4 is 23.7 Å². The van der Waals surface area contributed by atoms with E-state index in [2.05, 4.69) is 4.98 Å². The molecule has 1 aromatic heterocycles. The second-order valence-corrected chi connectivity index (χ2v) is 5.67. The van der Waals surface area contributed by atoms with Crippen LogP contribution in [-0.4, -0.2) is 33.4 Å². The average molecular weight is 269 g/mol. The molecule has 1 aromatic rings. The second-order valence-electron chi connectivity index (χ2n) is 4.02. The zero-order valence-electron chi connectivity index (χ0n) is 10.5. The van der Waals surface area contributed by atoms with Crippen molar-refractivity contribution in [2.45, 2.75) is 30.5 Å². The van der Waals surface area contributed by atoms with Gasteiger partial charge in [-0.15, -0.1) is 0 Å². The van der Waals surface area contributed by atoms with Crippen molar-refractivity contribution < 1.29 is 19.4 Å². The standard InChI is InChI=1S/C12H15NO4S/c1-4-17-10(14)8-5-6-9(13-7-8)18-12(2,3)11(15)16/h5-7H,4H2,1-3H3,(H,15,16). The lowest BCUT2D eigenvalue weighted by Crippen LogP contribution is -2.27. The van der Waals surface area contributed by atoms with Gasteiger partial charge >= 0.3 is 11.9 Å². The van der Waals surface area contributed by atoms with Crippen molar-refractivity contribution in [3.63, 3.8) is 0 Å². The van der Waals surface area contributed by atoms with Gasteiger partial charge in [0.15, 0.2) is 0 Å². The van der Waals surface area contributed by atoms with Gasteiger partial charge in [-0.2, -0.15) is 0 Å². The predicted molar refractivity (Wildman–Crippen MR) is 67.8 cm³/mol. The SMILES string of the molecule is CCOC(=O)c1ccc(SC(C)(C)C(=O)O)nc1. The number of carbonyl (C=O) groups is 2. The van der Waals surface area contributed by atoms with Crippen molar-refractivity contribution in [3.05, 3.63) is 23.9 Å². The topological polar surface area (TPSA) is 76.5 Å². The predicted octanol–water partition coefficient (Wildman–Crippen LogP) is 2.21. The minimum atomic E-state index is -0.960. The van der Waals surface area contributed by atoms with Gasteiger partial charge in [-0.25, -0.2) is 9.78 Å². The summed E-state index contributed by atoms with van der Waals surface area (Å²) in [4.78, 5) is 26.4. The van der Waals surface area contributed by atoms with Gasteiger partial charge in [0.25, 0.3) is 0 Å². The zero-order chi connectivity index (χ0) is 13.8. The molecule has 98 valence electrons. The van der Waals surface area contributed by atoms with Gasteiger partial charge in [-0.1, -0.05) is 11.8 Å². The van der Waals surface area contributed by atoms with Crippen LogP contribution in [0.2, 0.25) is 0 Å². The van der Waals surface area contributed by atoms with E-state index in [1.807, 2.05) is 0 Å². The molecule has 0 aliphatic carbocycles. The van der Waals surface area contributed by atoms with Crippen LogP contribution in [0.3, 0.4) is 0 Å². The van der Waals surface area contributed by atoms with Gasteiger partial charge in [-0.05, 0) is 32.9 Å². The number of hydrogen-bond acceptors (Lipinski definition) is 5. The summed E-state index contributed by atoms with van der Waals surface area (Å²) < 4.78 is 3.87. The Morgan fingerprint density at radius 3 is 2.56 bits per heavy atom. The maximum absolute atomic E-state index is 11.4. The number of carboxylic acids is 1. The monoisotopic (exact) mass is 269 g/mol. The minimum Gasteiger partial charge on any atom is -0.480 e. The molecular formula is C12H15NO4S. The van der Waals surface area contributed by atoms with E-state index in [1.165, 1.54) is 6.20 Å². The van der Waals surface area contributed by atoms with Gasteiger partial charge in [0.05, 0.1) is 17.2 Å². The molecule has 0 aromatic carbocycles. The molecule has 0 fully saturated rings. The van der Waals surface area contributed by atoms with Crippen LogP contribution < -0.4 is 0 Å². The summed E-state index contributed by atoms with van der Waals surface area (Å²) in [5, 5.41) is 9.54. The Morgan fingerprint density at radius 2 is 2.11 bits per heavy atom. The fourth-order valence-electron chi connectivity index (χ4n) is 1.08. The highest BCUT2D eigenvalue weighted by Crippen LogP contribution is 2.31. The minimum absolute atomic E-state index is 0.307. The lowest BCUT2D eigenvalue weighted by molar-refractivity contribution is -0.138. The Labute approximate surface area is 110 Å². The van der Waals surface area contributed by atoms with E-state index in [1.54, 1.807) is 32.9 Å². The summed E-state index contributed by atoms with van der Waals surface area (Å²) in [5.41, 5.74) is 0.356. The number of rotatable bonds is 5. The van der Waals surface area contributed by atoms with Crippen molar-refractivity contribution in [3.8, 4) is 0 Å². The largest absolute Gasteiger partial charge is 0.480 e. The van der Waals surface area contributed by atoms with Gasteiger partial charge in [0.2, 0.25) is 0 Å². The van der Waals surface area contributed by atoms with E-state index < -0.39 is 16.7 Å². The van der Waals surface area contributed by atoms with E-state index in [0.29, 0.717) is 17.2 Å². The van der Waals surface area contributed by atoms with Crippen LogP contribution in [0.25, 0.3) is 0 Å². The first-order valence-electron chi connectivity index (χ1n) is 5.42. The Balaban J connectivity index is 2.78. The van der Waals surface area contributed by atoms with E-state index in [9.17, 15) is 9.59 Å². The van der Waals surface area contributed by atoms with Crippen molar-refractivity contribution in [2.75, 3.05) is 6.61 Å². The van der Waals surface area contributed by atoms with E-state index in [-0.39, 0.29) is 0 Å². The molecule has 0 unspecified atom stereocenters. The van der Waals surface area contributed by atoms with Crippen LogP contribution in [0.15, 0.2) is 23.4 Å². The van der Waals surface area contributed by atoms with E-state index in [4.69, 9.17) is 9.84 Å².